The predicted molar refractivity (Wildman–Crippen MR) is 103 cm³/mol. The maximum Gasteiger partial charge on any atom is 0.225 e. The molecule has 2 aliphatic heterocycles. The van der Waals surface area contributed by atoms with Crippen molar-refractivity contribution in [3.63, 3.8) is 0 Å². The molecule has 8 heteroatoms. The highest BCUT2D eigenvalue weighted by Gasteiger charge is 2.37. The third-order valence-corrected chi connectivity index (χ3v) is 6.30. The van der Waals surface area contributed by atoms with Crippen LogP contribution in [0.2, 0.25) is 0 Å². The molecular weight excluding hydrogens is 367 g/mol. The van der Waals surface area contributed by atoms with Gasteiger partial charge in [0.2, 0.25) is 5.91 Å². The monoisotopic (exact) mass is 394 g/mol. The first kappa shape index (κ1) is 18.9. The maximum atomic E-state index is 15.2. The molecule has 0 bridgehead atoms. The van der Waals surface area contributed by atoms with E-state index in [9.17, 15) is 4.79 Å². The Bertz CT molecular complexity index is 686. The largest absolute Gasteiger partial charge is 0.381 e. The molecule has 148 valence electrons. The second-order valence-electron chi connectivity index (χ2n) is 7.83. The van der Waals surface area contributed by atoms with Crippen molar-refractivity contribution in [1.82, 2.24) is 15.3 Å². The van der Waals surface area contributed by atoms with Crippen molar-refractivity contribution in [3.05, 3.63) is 11.8 Å². The predicted octanol–water partition coefficient (Wildman–Crippen LogP) is 2.54. The van der Waals surface area contributed by atoms with Gasteiger partial charge in [-0.25, -0.2) is 14.4 Å². The molecule has 1 amide bonds. The number of hydrogen-bond acceptors (Lipinski definition) is 6. The molecule has 2 saturated heterocycles. The third-order valence-electron chi connectivity index (χ3n) is 5.75. The first-order valence-electron chi connectivity index (χ1n) is 9.79. The second-order valence-corrected chi connectivity index (χ2v) is 8.60. The topological polar surface area (TPSA) is 67.4 Å². The Morgan fingerprint density at radius 1 is 1.37 bits per heavy atom. The van der Waals surface area contributed by atoms with Crippen LogP contribution in [0.4, 0.5) is 10.2 Å². The summed E-state index contributed by atoms with van der Waals surface area (Å²) in [5, 5.41) is 3.59. The van der Waals surface area contributed by atoms with Gasteiger partial charge in [-0.15, -0.1) is 0 Å². The number of nitrogens with zero attached hydrogens (tertiary/aromatic N) is 3. The maximum absolute atomic E-state index is 15.2. The number of halogens is 1. The number of thioether (sulfide) groups is 1. The number of aromatic nitrogens is 2. The average molecular weight is 395 g/mol. The summed E-state index contributed by atoms with van der Waals surface area (Å²) in [5.41, 5.74) is -0.229. The Morgan fingerprint density at radius 3 is 2.78 bits per heavy atom. The van der Waals surface area contributed by atoms with Crippen LogP contribution in [0.5, 0.6) is 0 Å². The number of rotatable bonds is 6. The van der Waals surface area contributed by atoms with E-state index in [4.69, 9.17) is 4.74 Å². The summed E-state index contributed by atoms with van der Waals surface area (Å²) >= 11 is 1.55. The van der Waals surface area contributed by atoms with E-state index in [0.29, 0.717) is 45.1 Å². The van der Waals surface area contributed by atoms with Crippen LogP contribution in [0.25, 0.3) is 0 Å². The van der Waals surface area contributed by atoms with Gasteiger partial charge in [0.25, 0.3) is 0 Å². The first-order chi connectivity index (χ1) is 13.1. The minimum absolute atomic E-state index is 0.0820. The molecule has 1 aromatic rings. The molecular formula is C19H27FN4O2S. The van der Waals surface area contributed by atoms with Gasteiger partial charge in [0.1, 0.15) is 11.5 Å². The van der Waals surface area contributed by atoms with Crippen molar-refractivity contribution in [1.29, 1.82) is 0 Å². The van der Waals surface area contributed by atoms with E-state index in [1.165, 1.54) is 12.8 Å². The van der Waals surface area contributed by atoms with Crippen molar-refractivity contribution in [2.45, 2.75) is 48.8 Å². The van der Waals surface area contributed by atoms with E-state index < -0.39 is 5.67 Å². The lowest BCUT2D eigenvalue weighted by Crippen LogP contribution is -2.49. The van der Waals surface area contributed by atoms with Crippen LogP contribution in [0.15, 0.2) is 11.2 Å². The van der Waals surface area contributed by atoms with Gasteiger partial charge in [-0.1, -0.05) is 11.8 Å². The minimum Gasteiger partial charge on any atom is -0.381 e. The molecule has 1 aliphatic carbocycles. The summed E-state index contributed by atoms with van der Waals surface area (Å²) in [4.78, 5) is 23.5. The highest BCUT2D eigenvalue weighted by Crippen LogP contribution is 2.40. The molecule has 1 N–H and O–H groups in total. The molecule has 3 fully saturated rings. The van der Waals surface area contributed by atoms with E-state index in [2.05, 4.69) is 26.3 Å². The number of piperidine rings is 1. The van der Waals surface area contributed by atoms with Crippen molar-refractivity contribution < 1.29 is 13.9 Å². The quantitative estimate of drug-likeness (QED) is 0.591. The number of nitrogens with one attached hydrogen (secondary N) is 1. The number of carbonyl (C=O) groups excluding carboxylic acids is 1. The van der Waals surface area contributed by atoms with Gasteiger partial charge in [-0.2, -0.15) is 0 Å². The molecule has 4 rings (SSSR count). The number of anilines is 1. The Kier molecular flexibility index (Phi) is 5.55. The lowest BCUT2D eigenvalue weighted by atomic mass is 9.93. The molecule has 1 saturated carbocycles. The van der Waals surface area contributed by atoms with Crippen LogP contribution in [0, 0.1) is 5.92 Å². The van der Waals surface area contributed by atoms with Crippen LogP contribution in [-0.2, 0) is 9.53 Å². The van der Waals surface area contributed by atoms with Gasteiger partial charge in [-0.05, 0) is 25.5 Å². The molecule has 1 atom stereocenters. The molecule has 3 heterocycles. The minimum atomic E-state index is -1.35. The second kappa shape index (κ2) is 7.91. The molecule has 6 nitrogen and oxygen atoms in total. The smallest absolute Gasteiger partial charge is 0.225 e. The summed E-state index contributed by atoms with van der Waals surface area (Å²) in [6.07, 6.45) is 5.90. The molecule has 0 radical (unpaired) electrons. The summed E-state index contributed by atoms with van der Waals surface area (Å²) in [5.74, 6) is 1.27. The van der Waals surface area contributed by atoms with E-state index in [-0.39, 0.29) is 18.4 Å². The van der Waals surface area contributed by atoms with Crippen molar-refractivity contribution >= 4 is 23.5 Å². The lowest BCUT2D eigenvalue weighted by Gasteiger charge is -2.37. The molecule has 1 unspecified atom stereocenters. The van der Waals surface area contributed by atoms with E-state index in [0.717, 1.165) is 23.1 Å². The number of hydrogen-bond donors (Lipinski definition) is 1. The molecule has 27 heavy (non-hydrogen) atoms. The zero-order valence-electron chi connectivity index (χ0n) is 15.7. The lowest BCUT2D eigenvalue weighted by molar-refractivity contribution is -0.125. The zero-order valence-corrected chi connectivity index (χ0v) is 16.6. The molecule has 1 aromatic heterocycles. The van der Waals surface area contributed by atoms with E-state index in [1.807, 2.05) is 6.26 Å². The Balaban J connectivity index is 1.34. The van der Waals surface area contributed by atoms with E-state index in [1.54, 1.807) is 11.8 Å². The highest BCUT2D eigenvalue weighted by molar-refractivity contribution is 7.98. The van der Waals surface area contributed by atoms with Crippen LogP contribution in [0.1, 0.15) is 43.7 Å². The highest BCUT2D eigenvalue weighted by atomic mass is 32.2. The number of amides is 1. The summed E-state index contributed by atoms with van der Waals surface area (Å²) in [6, 6.07) is 2.07. The van der Waals surface area contributed by atoms with Crippen LogP contribution in [0.3, 0.4) is 0 Å². The van der Waals surface area contributed by atoms with Gasteiger partial charge in [-0.3, -0.25) is 4.79 Å². The summed E-state index contributed by atoms with van der Waals surface area (Å²) in [7, 11) is 0. The van der Waals surface area contributed by atoms with Gasteiger partial charge in [0, 0.05) is 44.5 Å². The van der Waals surface area contributed by atoms with Crippen molar-refractivity contribution in [2.75, 3.05) is 44.0 Å². The van der Waals surface area contributed by atoms with E-state index >= 15 is 4.39 Å². The summed E-state index contributed by atoms with van der Waals surface area (Å²) < 4.78 is 20.4. The SMILES string of the molecule is CSc1nc(C2CC2)cc(N2CCC(F)(CNC(=O)C3CCOC3)CC2)n1. The van der Waals surface area contributed by atoms with Gasteiger partial charge >= 0.3 is 0 Å². The Hall–Kier alpha value is -1.41. The number of ether oxygens (including phenoxy) is 1. The van der Waals surface area contributed by atoms with Crippen molar-refractivity contribution in [2.24, 2.45) is 5.92 Å². The fourth-order valence-electron chi connectivity index (χ4n) is 3.72. The van der Waals surface area contributed by atoms with Gasteiger partial charge in [0.05, 0.1) is 24.8 Å². The third kappa shape index (κ3) is 4.54. The fourth-order valence-corrected chi connectivity index (χ4v) is 4.10. The zero-order chi connectivity index (χ0) is 18.9. The molecule has 0 spiro atoms. The normalized spacial score (nSPS) is 24.8. The van der Waals surface area contributed by atoms with Crippen molar-refractivity contribution in [3.8, 4) is 0 Å². The first-order valence-corrected chi connectivity index (χ1v) is 11.0. The van der Waals surface area contributed by atoms with Crippen LogP contribution < -0.4 is 10.2 Å². The molecule has 3 aliphatic rings. The average Bonchev–Trinajstić information content (AvgIpc) is 3.40. The Morgan fingerprint density at radius 2 is 2.15 bits per heavy atom. The molecule has 0 aromatic carbocycles. The van der Waals surface area contributed by atoms with Crippen LogP contribution in [-0.4, -0.2) is 60.6 Å². The van der Waals surface area contributed by atoms with Gasteiger partial charge in [0.15, 0.2) is 5.16 Å². The number of alkyl halides is 1. The van der Waals surface area contributed by atoms with Gasteiger partial charge < -0.3 is 15.0 Å². The fraction of sp³-hybridized carbons (Fsp3) is 0.737. The standard InChI is InChI=1S/C19H27FN4O2S/c1-27-18-22-15(13-2-3-13)10-16(23-18)24-7-5-19(20,6-8-24)12-21-17(25)14-4-9-26-11-14/h10,13-14H,2-9,11-12H2,1H3,(H,21,25). The Labute approximate surface area is 163 Å². The number of carbonyl (C=O) groups is 1. The summed E-state index contributed by atoms with van der Waals surface area (Å²) in [6.45, 7) is 2.37. The van der Waals surface area contributed by atoms with Crippen LogP contribution >= 0.6 is 11.8 Å².